The number of ether oxygens (including phenoxy) is 1. The number of aromatic nitrogens is 2. The molecule has 1 atom stereocenters. The minimum Gasteiger partial charge on any atom is -0.377 e. The number of methoxy groups -OCH3 is 1. The molecule has 18 heavy (non-hydrogen) atoms. The van der Waals surface area contributed by atoms with Crippen molar-refractivity contribution in [3.63, 3.8) is 0 Å². The summed E-state index contributed by atoms with van der Waals surface area (Å²) in [6.45, 7) is 4.27. The maximum Gasteiger partial charge on any atom is 0.108 e. The molecular weight excluding hydrogens is 228 g/mol. The van der Waals surface area contributed by atoms with E-state index in [4.69, 9.17) is 10.6 Å². The van der Waals surface area contributed by atoms with Crippen LogP contribution in [0.5, 0.6) is 0 Å². The van der Waals surface area contributed by atoms with E-state index in [-0.39, 0.29) is 11.6 Å². The standard InChI is InChI=1S/C13H26N4O/c1-5-13(6-2,18-4)11(16-14)7-8-12-15-9-10-17(12)3/h9-11,16H,5-8,14H2,1-4H3. The summed E-state index contributed by atoms with van der Waals surface area (Å²) in [5.74, 6) is 6.78. The SMILES string of the molecule is CCC(CC)(OC)C(CCc1nccn1C)NN. The quantitative estimate of drug-likeness (QED) is 0.543. The van der Waals surface area contributed by atoms with Crippen molar-refractivity contribution in [1.29, 1.82) is 0 Å². The van der Waals surface area contributed by atoms with Crippen LogP contribution < -0.4 is 11.3 Å². The molecular formula is C13H26N4O. The number of rotatable bonds is 8. The fourth-order valence-corrected chi connectivity index (χ4v) is 2.58. The second-order valence-electron chi connectivity index (χ2n) is 4.69. The second kappa shape index (κ2) is 6.87. The van der Waals surface area contributed by atoms with E-state index in [1.165, 1.54) is 0 Å². The normalized spacial score (nSPS) is 13.8. The monoisotopic (exact) mass is 254 g/mol. The molecule has 0 radical (unpaired) electrons. The Labute approximate surface area is 110 Å². The number of nitrogens with zero attached hydrogens (tertiary/aromatic N) is 2. The fourth-order valence-electron chi connectivity index (χ4n) is 2.58. The van der Waals surface area contributed by atoms with Crippen LogP contribution in [0.1, 0.15) is 38.9 Å². The van der Waals surface area contributed by atoms with Crippen molar-refractivity contribution in [3.8, 4) is 0 Å². The number of hydrogen-bond donors (Lipinski definition) is 2. The third kappa shape index (κ3) is 3.10. The van der Waals surface area contributed by atoms with Gasteiger partial charge < -0.3 is 9.30 Å². The van der Waals surface area contributed by atoms with E-state index in [0.29, 0.717) is 0 Å². The van der Waals surface area contributed by atoms with Crippen LogP contribution in [0.4, 0.5) is 0 Å². The summed E-state index contributed by atoms with van der Waals surface area (Å²) in [6.07, 6.45) is 7.47. The first-order chi connectivity index (χ1) is 8.63. The molecule has 0 saturated carbocycles. The van der Waals surface area contributed by atoms with Gasteiger partial charge in [0.15, 0.2) is 0 Å². The van der Waals surface area contributed by atoms with Gasteiger partial charge in [-0.25, -0.2) is 4.98 Å². The van der Waals surface area contributed by atoms with Gasteiger partial charge >= 0.3 is 0 Å². The Balaban J connectivity index is 2.69. The van der Waals surface area contributed by atoms with Crippen LogP contribution in [-0.2, 0) is 18.2 Å². The molecule has 0 bridgehead atoms. The lowest BCUT2D eigenvalue weighted by Crippen LogP contribution is -2.54. The Hall–Kier alpha value is -0.910. The van der Waals surface area contributed by atoms with E-state index < -0.39 is 0 Å². The van der Waals surface area contributed by atoms with Gasteiger partial charge in [0.1, 0.15) is 5.82 Å². The van der Waals surface area contributed by atoms with Crippen LogP contribution in [0, 0.1) is 0 Å². The van der Waals surface area contributed by atoms with E-state index in [9.17, 15) is 0 Å². The van der Waals surface area contributed by atoms with Gasteiger partial charge in [0.25, 0.3) is 0 Å². The molecule has 1 heterocycles. The second-order valence-corrected chi connectivity index (χ2v) is 4.69. The highest BCUT2D eigenvalue weighted by atomic mass is 16.5. The first-order valence-corrected chi connectivity index (χ1v) is 6.61. The molecule has 0 spiro atoms. The summed E-state index contributed by atoms with van der Waals surface area (Å²) in [6, 6.07) is 0.134. The lowest BCUT2D eigenvalue weighted by Gasteiger charge is -2.38. The van der Waals surface area contributed by atoms with Gasteiger partial charge in [0, 0.05) is 33.0 Å². The van der Waals surface area contributed by atoms with Crippen molar-refractivity contribution in [1.82, 2.24) is 15.0 Å². The zero-order valence-electron chi connectivity index (χ0n) is 11.9. The fraction of sp³-hybridized carbons (Fsp3) is 0.769. The summed E-state index contributed by atoms with van der Waals surface area (Å²) in [7, 11) is 3.77. The highest BCUT2D eigenvalue weighted by molar-refractivity contribution is 4.96. The largest absolute Gasteiger partial charge is 0.377 e. The van der Waals surface area contributed by atoms with Crippen molar-refractivity contribution < 1.29 is 4.74 Å². The molecule has 0 aromatic carbocycles. The summed E-state index contributed by atoms with van der Waals surface area (Å²) >= 11 is 0. The topological polar surface area (TPSA) is 65.1 Å². The van der Waals surface area contributed by atoms with E-state index in [2.05, 4.69) is 24.3 Å². The van der Waals surface area contributed by atoms with E-state index in [1.54, 1.807) is 7.11 Å². The molecule has 1 unspecified atom stereocenters. The maximum absolute atomic E-state index is 5.72. The molecule has 0 aliphatic heterocycles. The minimum atomic E-state index is -0.195. The minimum absolute atomic E-state index is 0.134. The Kier molecular flexibility index (Phi) is 5.78. The van der Waals surface area contributed by atoms with Crippen LogP contribution >= 0.6 is 0 Å². The third-order valence-corrected chi connectivity index (χ3v) is 4.02. The van der Waals surface area contributed by atoms with Gasteiger partial charge in [0.05, 0.1) is 11.6 Å². The van der Waals surface area contributed by atoms with Crippen LogP contribution in [0.25, 0.3) is 0 Å². The summed E-state index contributed by atoms with van der Waals surface area (Å²) in [4.78, 5) is 4.34. The third-order valence-electron chi connectivity index (χ3n) is 4.02. The van der Waals surface area contributed by atoms with Crippen LogP contribution in [0.2, 0.25) is 0 Å². The lowest BCUT2D eigenvalue weighted by atomic mass is 9.85. The van der Waals surface area contributed by atoms with Gasteiger partial charge in [-0.1, -0.05) is 13.8 Å². The molecule has 1 aromatic heterocycles. The van der Waals surface area contributed by atoms with Crippen molar-refractivity contribution in [3.05, 3.63) is 18.2 Å². The molecule has 5 nitrogen and oxygen atoms in total. The number of hydrogen-bond acceptors (Lipinski definition) is 4. The van der Waals surface area contributed by atoms with E-state index in [1.807, 2.05) is 24.0 Å². The lowest BCUT2D eigenvalue weighted by molar-refractivity contribution is -0.0495. The predicted molar refractivity (Wildman–Crippen MR) is 73.0 cm³/mol. The Morgan fingerprint density at radius 2 is 2.17 bits per heavy atom. The van der Waals surface area contributed by atoms with Crippen LogP contribution in [-0.4, -0.2) is 28.3 Å². The summed E-state index contributed by atoms with van der Waals surface area (Å²) in [5.41, 5.74) is 2.72. The number of aryl methyl sites for hydroxylation is 2. The molecule has 5 heteroatoms. The maximum atomic E-state index is 5.72. The zero-order valence-corrected chi connectivity index (χ0v) is 11.9. The average molecular weight is 254 g/mol. The van der Waals surface area contributed by atoms with Gasteiger partial charge in [-0.3, -0.25) is 11.3 Å². The molecule has 0 aliphatic rings. The Morgan fingerprint density at radius 1 is 1.50 bits per heavy atom. The van der Waals surface area contributed by atoms with E-state index >= 15 is 0 Å². The molecule has 0 aliphatic carbocycles. The average Bonchev–Trinajstić information content (AvgIpc) is 2.81. The van der Waals surface area contributed by atoms with Crippen molar-refractivity contribution in [2.45, 2.75) is 51.2 Å². The van der Waals surface area contributed by atoms with Crippen molar-refractivity contribution in [2.75, 3.05) is 7.11 Å². The number of hydrazine groups is 1. The Morgan fingerprint density at radius 3 is 2.56 bits per heavy atom. The number of nitrogens with one attached hydrogen (secondary N) is 1. The summed E-state index contributed by atoms with van der Waals surface area (Å²) < 4.78 is 7.76. The molecule has 1 aromatic rings. The van der Waals surface area contributed by atoms with E-state index in [0.717, 1.165) is 31.5 Å². The van der Waals surface area contributed by atoms with Gasteiger partial charge in [0.2, 0.25) is 0 Å². The van der Waals surface area contributed by atoms with Gasteiger partial charge in [-0.15, -0.1) is 0 Å². The van der Waals surface area contributed by atoms with Crippen LogP contribution in [0.3, 0.4) is 0 Å². The smallest absolute Gasteiger partial charge is 0.108 e. The highest BCUT2D eigenvalue weighted by Gasteiger charge is 2.34. The molecule has 1 rings (SSSR count). The first-order valence-electron chi connectivity index (χ1n) is 6.61. The van der Waals surface area contributed by atoms with Gasteiger partial charge in [-0.2, -0.15) is 0 Å². The first kappa shape index (κ1) is 15.1. The number of nitrogens with two attached hydrogens (primary N) is 1. The van der Waals surface area contributed by atoms with Crippen molar-refractivity contribution in [2.24, 2.45) is 12.9 Å². The Bertz CT molecular complexity index is 338. The summed E-state index contributed by atoms with van der Waals surface area (Å²) in [5, 5.41) is 0. The molecule has 104 valence electrons. The molecule has 3 N–H and O–H groups in total. The number of imidazole rings is 1. The molecule has 0 saturated heterocycles. The van der Waals surface area contributed by atoms with Crippen LogP contribution in [0.15, 0.2) is 12.4 Å². The highest BCUT2D eigenvalue weighted by Crippen LogP contribution is 2.26. The predicted octanol–water partition coefficient (Wildman–Crippen LogP) is 1.39. The zero-order chi connectivity index (χ0) is 13.6. The molecule has 0 amide bonds. The molecule has 0 fully saturated rings. The van der Waals surface area contributed by atoms with Crippen molar-refractivity contribution >= 4 is 0 Å². The van der Waals surface area contributed by atoms with Gasteiger partial charge in [-0.05, 0) is 19.3 Å².